The van der Waals surface area contributed by atoms with Crippen molar-refractivity contribution in [3.05, 3.63) is 24.3 Å². The molecule has 0 fully saturated rings. The zero-order chi connectivity index (χ0) is 10.6. The van der Waals surface area contributed by atoms with Crippen LogP contribution in [0.1, 0.15) is 20.3 Å². The van der Waals surface area contributed by atoms with Gasteiger partial charge >= 0.3 is 0 Å². The Bertz CT molecular complexity index is 294. The van der Waals surface area contributed by atoms with E-state index in [1.807, 2.05) is 12.1 Å². The first-order chi connectivity index (χ1) is 6.49. The summed E-state index contributed by atoms with van der Waals surface area (Å²) in [6, 6.07) is 7.21. The molecule has 1 aromatic rings. The molecule has 0 spiro atoms. The molecular formula is C11H16FNO. The Morgan fingerprint density at radius 3 is 2.57 bits per heavy atom. The van der Waals surface area contributed by atoms with Gasteiger partial charge in [0, 0.05) is 6.42 Å². The Morgan fingerprint density at radius 1 is 1.36 bits per heavy atom. The largest absolute Gasteiger partial charge is 0.491 e. The van der Waals surface area contributed by atoms with Crippen LogP contribution in [-0.4, -0.2) is 12.3 Å². The molecule has 2 nitrogen and oxygen atoms in total. The molecule has 0 saturated carbocycles. The van der Waals surface area contributed by atoms with Gasteiger partial charge in [-0.15, -0.1) is 0 Å². The van der Waals surface area contributed by atoms with E-state index in [2.05, 4.69) is 0 Å². The third-order valence-corrected chi connectivity index (χ3v) is 1.87. The molecule has 0 amide bonds. The molecule has 14 heavy (non-hydrogen) atoms. The van der Waals surface area contributed by atoms with E-state index in [4.69, 9.17) is 10.5 Å². The number of anilines is 1. The number of para-hydroxylation sites is 2. The predicted octanol–water partition coefficient (Wildman–Crippen LogP) is 2.79. The highest BCUT2D eigenvalue weighted by atomic mass is 19.1. The molecule has 0 unspecified atom stereocenters. The first-order valence-corrected chi connectivity index (χ1v) is 4.65. The van der Waals surface area contributed by atoms with Crippen LogP contribution in [0.3, 0.4) is 0 Å². The summed E-state index contributed by atoms with van der Waals surface area (Å²) in [5.74, 6) is 0.622. The average molecular weight is 197 g/mol. The fourth-order valence-electron chi connectivity index (χ4n) is 1.02. The molecule has 1 aromatic carbocycles. The Hall–Kier alpha value is -1.25. The molecule has 0 heterocycles. The fourth-order valence-corrected chi connectivity index (χ4v) is 1.02. The van der Waals surface area contributed by atoms with Crippen molar-refractivity contribution in [2.45, 2.75) is 25.9 Å². The van der Waals surface area contributed by atoms with Gasteiger partial charge in [-0.3, -0.25) is 0 Å². The van der Waals surface area contributed by atoms with Crippen LogP contribution in [-0.2, 0) is 0 Å². The normalized spacial score (nSPS) is 11.4. The van der Waals surface area contributed by atoms with Crippen LogP contribution in [0.2, 0.25) is 0 Å². The highest BCUT2D eigenvalue weighted by Gasteiger charge is 2.15. The van der Waals surface area contributed by atoms with Crippen molar-refractivity contribution in [1.29, 1.82) is 0 Å². The van der Waals surface area contributed by atoms with E-state index >= 15 is 0 Å². The SMILES string of the molecule is CC(C)(F)CCOc1ccccc1N. The van der Waals surface area contributed by atoms with E-state index in [0.29, 0.717) is 24.5 Å². The number of hydrogen-bond acceptors (Lipinski definition) is 2. The van der Waals surface area contributed by atoms with E-state index in [-0.39, 0.29) is 0 Å². The summed E-state index contributed by atoms with van der Waals surface area (Å²) in [5, 5.41) is 0. The summed E-state index contributed by atoms with van der Waals surface area (Å²) in [4.78, 5) is 0. The number of halogens is 1. The third-order valence-electron chi connectivity index (χ3n) is 1.87. The quantitative estimate of drug-likeness (QED) is 0.753. The van der Waals surface area contributed by atoms with Crippen LogP contribution >= 0.6 is 0 Å². The van der Waals surface area contributed by atoms with Gasteiger partial charge in [-0.1, -0.05) is 12.1 Å². The Kier molecular flexibility index (Phi) is 3.33. The lowest BCUT2D eigenvalue weighted by atomic mass is 10.1. The van der Waals surface area contributed by atoms with E-state index in [1.54, 1.807) is 12.1 Å². The standard InChI is InChI=1S/C11H16FNO/c1-11(2,12)7-8-14-10-6-4-3-5-9(10)13/h3-6H,7-8,13H2,1-2H3. The van der Waals surface area contributed by atoms with E-state index in [0.717, 1.165) is 0 Å². The summed E-state index contributed by atoms with van der Waals surface area (Å²) in [7, 11) is 0. The van der Waals surface area contributed by atoms with Gasteiger partial charge in [0.1, 0.15) is 11.4 Å². The lowest BCUT2D eigenvalue weighted by molar-refractivity contribution is 0.161. The van der Waals surface area contributed by atoms with Crippen LogP contribution in [0.25, 0.3) is 0 Å². The Morgan fingerprint density at radius 2 is 2.00 bits per heavy atom. The molecule has 0 aliphatic carbocycles. The van der Waals surface area contributed by atoms with Gasteiger partial charge in [0.25, 0.3) is 0 Å². The van der Waals surface area contributed by atoms with Crippen molar-refractivity contribution in [1.82, 2.24) is 0 Å². The lowest BCUT2D eigenvalue weighted by Gasteiger charge is -2.14. The number of rotatable bonds is 4. The maximum atomic E-state index is 13.1. The maximum Gasteiger partial charge on any atom is 0.142 e. The predicted molar refractivity (Wildman–Crippen MR) is 56.2 cm³/mol. The van der Waals surface area contributed by atoms with Crippen LogP contribution < -0.4 is 10.5 Å². The second-order valence-electron chi connectivity index (χ2n) is 3.85. The van der Waals surface area contributed by atoms with Crippen LogP contribution in [0.4, 0.5) is 10.1 Å². The monoisotopic (exact) mass is 197 g/mol. The first-order valence-electron chi connectivity index (χ1n) is 4.65. The smallest absolute Gasteiger partial charge is 0.142 e. The average Bonchev–Trinajstić information content (AvgIpc) is 2.06. The van der Waals surface area contributed by atoms with Crippen molar-refractivity contribution >= 4 is 5.69 Å². The van der Waals surface area contributed by atoms with Crippen LogP contribution in [0.15, 0.2) is 24.3 Å². The minimum atomic E-state index is -1.19. The molecule has 0 bridgehead atoms. The van der Waals surface area contributed by atoms with Gasteiger partial charge in [-0.25, -0.2) is 4.39 Å². The summed E-state index contributed by atoms with van der Waals surface area (Å²) in [5.41, 5.74) is 5.05. The van der Waals surface area contributed by atoms with Gasteiger partial charge < -0.3 is 10.5 Å². The highest BCUT2D eigenvalue weighted by molar-refractivity contribution is 5.51. The van der Waals surface area contributed by atoms with Gasteiger partial charge in [0.2, 0.25) is 0 Å². The zero-order valence-electron chi connectivity index (χ0n) is 8.59. The lowest BCUT2D eigenvalue weighted by Crippen LogP contribution is -2.16. The number of nitrogen functional groups attached to an aromatic ring is 1. The second-order valence-corrected chi connectivity index (χ2v) is 3.85. The summed E-state index contributed by atoms with van der Waals surface area (Å²) in [6.07, 6.45) is 0.362. The van der Waals surface area contributed by atoms with Crippen molar-refractivity contribution < 1.29 is 9.13 Å². The molecule has 1 rings (SSSR count). The second kappa shape index (κ2) is 4.31. The molecule has 0 aliphatic rings. The zero-order valence-corrected chi connectivity index (χ0v) is 8.59. The number of nitrogens with two attached hydrogens (primary N) is 1. The molecular weight excluding hydrogens is 181 g/mol. The van der Waals surface area contributed by atoms with Crippen molar-refractivity contribution in [2.75, 3.05) is 12.3 Å². The Balaban J connectivity index is 2.43. The molecule has 0 saturated heterocycles. The molecule has 2 N–H and O–H groups in total. The van der Waals surface area contributed by atoms with Crippen molar-refractivity contribution in [3.8, 4) is 5.75 Å². The van der Waals surface area contributed by atoms with Gasteiger partial charge in [-0.2, -0.15) is 0 Å². The molecule has 0 atom stereocenters. The number of alkyl halides is 1. The van der Waals surface area contributed by atoms with Crippen molar-refractivity contribution in [3.63, 3.8) is 0 Å². The van der Waals surface area contributed by atoms with Crippen LogP contribution in [0, 0.1) is 0 Å². The fraction of sp³-hybridized carbons (Fsp3) is 0.455. The number of benzene rings is 1. The summed E-state index contributed by atoms with van der Waals surface area (Å²) >= 11 is 0. The van der Waals surface area contributed by atoms with Crippen LogP contribution in [0.5, 0.6) is 5.75 Å². The minimum absolute atomic E-state index is 0.345. The number of ether oxygens (including phenoxy) is 1. The number of hydrogen-bond donors (Lipinski definition) is 1. The van der Waals surface area contributed by atoms with E-state index < -0.39 is 5.67 Å². The minimum Gasteiger partial charge on any atom is -0.491 e. The molecule has 0 aromatic heterocycles. The molecule has 0 aliphatic heterocycles. The van der Waals surface area contributed by atoms with Crippen molar-refractivity contribution in [2.24, 2.45) is 0 Å². The molecule has 3 heteroatoms. The maximum absolute atomic E-state index is 13.1. The summed E-state index contributed by atoms with van der Waals surface area (Å²) < 4.78 is 18.4. The first kappa shape index (κ1) is 10.8. The van der Waals surface area contributed by atoms with E-state index in [1.165, 1.54) is 13.8 Å². The summed E-state index contributed by atoms with van der Waals surface area (Å²) in [6.45, 7) is 3.41. The molecule has 78 valence electrons. The highest BCUT2D eigenvalue weighted by Crippen LogP contribution is 2.21. The Labute approximate surface area is 83.9 Å². The van der Waals surface area contributed by atoms with E-state index in [9.17, 15) is 4.39 Å². The van der Waals surface area contributed by atoms with Gasteiger partial charge in [-0.05, 0) is 26.0 Å². The van der Waals surface area contributed by atoms with Gasteiger partial charge in [0.05, 0.1) is 12.3 Å². The third kappa shape index (κ3) is 3.64. The topological polar surface area (TPSA) is 35.2 Å². The van der Waals surface area contributed by atoms with Gasteiger partial charge in [0.15, 0.2) is 0 Å². The molecule has 0 radical (unpaired) electrons.